The van der Waals surface area contributed by atoms with Crippen LogP contribution in [0.2, 0.25) is 0 Å². The Balaban J connectivity index is 1.74. The number of carbonyl (C=O) groups is 3. The second-order valence-electron chi connectivity index (χ2n) is 11.8. The first-order valence-corrected chi connectivity index (χ1v) is 16.8. The molecule has 0 fully saturated rings. The number of amides is 3. The first kappa shape index (κ1) is 37.0. The third-order valence-electron chi connectivity index (χ3n) is 7.93. The molecule has 0 bridgehead atoms. The van der Waals surface area contributed by atoms with Gasteiger partial charge in [0.15, 0.2) is 0 Å². The fourth-order valence-corrected chi connectivity index (χ4v) is 5.25. The molecule has 3 amide bonds. The van der Waals surface area contributed by atoms with Crippen LogP contribution in [-0.2, 0) is 27.2 Å². The molecular formula is C36H57N5O3. The number of nitrogens with zero attached hydrogens (tertiary/aromatic N) is 1. The molecule has 2 aromatic rings. The van der Waals surface area contributed by atoms with E-state index in [1.807, 2.05) is 65.6 Å². The molecule has 6 N–H and O–H groups in total. The number of carbonyl (C=O) groups excluding carboxylic acids is 3. The van der Waals surface area contributed by atoms with E-state index >= 15 is 0 Å². The number of unbranched alkanes of at least 4 members (excludes halogenated alkanes) is 8. The zero-order valence-corrected chi connectivity index (χ0v) is 27.0. The summed E-state index contributed by atoms with van der Waals surface area (Å²) in [5.41, 5.74) is 14.3. The van der Waals surface area contributed by atoms with Gasteiger partial charge in [-0.3, -0.25) is 14.4 Å². The minimum Gasteiger partial charge on any atom is -0.355 e. The molecule has 0 heterocycles. The summed E-state index contributed by atoms with van der Waals surface area (Å²) in [4.78, 5) is 40.0. The lowest BCUT2D eigenvalue weighted by Gasteiger charge is -2.23. The maximum absolute atomic E-state index is 13.1. The molecule has 244 valence electrons. The molecule has 8 heteroatoms. The lowest BCUT2D eigenvalue weighted by Crippen LogP contribution is -2.44. The molecule has 2 rings (SSSR count). The zero-order valence-electron chi connectivity index (χ0n) is 27.0. The predicted molar refractivity (Wildman–Crippen MR) is 180 cm³/mol. The van der Waals surface area contributed by atoms with Crippen molar-refractivity contribution in [2.45, 2.75) is 109 Å². The molecule has 0 unspecified atom stereocenters. The SMILES string of the molecule is CCCCCCCCCCCC(=O)N(CCCNC(=O)[C@@H](N)Cc1ccccc1)CCCNC(=O)[C@@H](N)Cc1ccccc1. The topological polar surface area (TPSA) is 131 Å². The van der Waals surface area contributed by atoms with Gasteiger partial charge in [-0.15, -0.1) is 0 Å². The molecule has 0 aromatic heterocycles. The van der Waals surface area contributed by atoms with Crippen LogP contribution in [0.3, 0.4) is 0 Å². The van der Waals surface area contributed by atoms with Crippen molar-refractivity contribution in [2.75, 3.05) is 26.2 Å². The van der Waals surface area contributed by atoms with Crippen molar-refractivity contribution in [1.29, 1.82) is 0 Å². The van der Waals surface area contributed by atoms with E-state index in [0.29, 0.717) is 58.3 Å². The number of hydrogen-bond acceptors (Lipinski definition) is 5. The molecule has 2 atom stereocenters. The first-order valence-electron chi connectivity index (χ1n) is 16.8. The van der Waals surface area contributed by atoms with Gasteiger partial charge in [-0.1, -0.05) is 119 Å². The fourth-order valence-electron chi connectivity index (χ4n) is 5.25. The molecule has 2 aromatic carbocycles. The van der Waals surface area contributed by atoms with Crippen LogP contribution in [0.4, 0.5) is 0 Å². The Hall–Kier alpha value is -3.23. The molecule has 0 radical (unpaired) electrons. The minimum atomic E-state index is -0.612. The van der Waals surface area contributed by atoms with Crippen LogP contribution in [0.15, 0.2) is 60.7 Å². The molecule has 0 spiro atoms. The van der Waals surface area contributed by atoms with Gasteiger partial charge < -0.3 is 27.0 Å². The summed E-state index contributed by atoms with van der Waals surface area (Å²) in [7, 11) is 0. The van der Waals surface area contributed by atoms with E-state index in [1.54, 1.807) is 0 Å². The summed E-state index contributed by atoms with van der Waals surface area (Å²) in [5, 5.41) is 5.85. The maximum Gasteiger partial charge on any atom is 0.237 e. The molecule has 0 saturated carbocycles. The van der Waals surface area contributed by atoms with Gasteiger partial charge in [0.25, 0.3) is 0 Å². The maximum atomic E-state index is 13.1. The van der Waals surface area contributed by atoms with Gasteiger partial charge in [0.1, 0.15) is 0 Å². The summed E-state index contributed by atoms with van der Waals surface area (Å²) in [6.45, 7) is 4.23. The number of rotatable bonds is 24. The van der Waals surface area contributed by atoms with Gasteiger partial charge in [0, 0.05) is 32.6 Å². The number of nitrogens with two attached hydrogens (primary N) is 2. The zero-order chi connectivity index (χ0) is 31.8. The Kier molecular flexibility index (Phi) is 19.5. The Morgan fingerprint density at radius 1 is 0.614 bits per heavy atom. The number of benzene rings is 2. The van der Waals surface area contributed by atoms with Crippen LogP contribution in [0, 0.1) is 0 Å². The summed E-state index contributed by atoms with van der Waals surface area (Å²) in [6.07, 6.45) is 13.6. The van der Waals surface area contributed by atoms with Crippen molar-refractivity contribution < 1.29 is 14.4 Å². The first-order chi connectivity index (χ1) is 21.4. The summed E-state index contributed by atoms with van der Waals surface area (Å²) >= 11 is 0. The van der Waals surface area contributed by atoms with Crippen molar-refractivity contribution in [3.05, 3.63) is 71.8 Å². The average molecular weight is 608 g/mol. The molecule has 0 aliphatic carbocycles. The third kappa shape index (κ3) is 16.6. The van der Waals surface area contributed by atoms with E-state index in [9.17, 15) is 14.4 Å². The molecular weight excluding hydrogens is 550 g/mol. The lowest BCUT2D eigenvalue weighted by molar-refractivity contribution is -0.131. The van der Waals surface area contributed by atoms with Crippen LogP contribution >= 0.6 is 0 Å². The van der Waals surface area contributed by atoms with Gasteiger partial charge in [0.2, 0.25) is 17.7 Å². The molecule has 44 heavy (non-hydrogen) atoms. The highest BCUT2D eigenvalue weighted by Crippen LogP contribution is 2.12. The average Bonchev–Trinajstić information content (AvgIpc) is 3.03. The Morgan fingerprint density at radius 3 is 1.45 bits per heavy atom. The van der Waals surface area contributed by atoms with E-state index in [1.165, 1.54) is 44.9 Å². The van der Waals surface area contributed by atoms with Gasteiger partial charge in [-0.2, -0.15) is 0 Å². The second-order valence-corrected chi connectivity index (χ2v) is 11.8. The van der Waals surface area contributed by atoms with Gasteiger partial charge in [-0.25, -0.2) is 0 Å². The monoisotopic (exact) mass is 607 g/mol. The third-order valence-corrected chi connectivity index (χ3v) is 7.93. The molecule has 0 aliphatic rings. The molecule has 0 saturated heterocycles. The van der Waals surface area contributed by atoms with Crippen LogP contribution in [-0.4, -0.2) is 60.9 Å². The van der Waals surface area contributed by atoms with Crippen molar-refractivity contribution >= 4 is 17.7 Å². The van der Waals surface area contributed by atoms with Crippen molar-refractivity contribution in [3.8, 4) is 0 Å². The van der Waals surface area contributed by atoms with E-state index in [0.717, 1.165) is 24.0 Å². The van der Waals surface area contributed by atoms with E-state index in [2.05, 4.69) is 17.6 Å². The fraction of sp³-hybridized carbons (Fsp3) is 0.583. The van der Waals surface area contributed by atoms with Crippen LogP contribution < -0.4 is 22.1 Å². The largest absolute Gasteiger partial charge is 0.355 e. The van der Waals surface area contributed by atoms with Crippen molar-refractivity contribution in [1.82, 2.24) is 15.5 Å². The minimum absolute atomic E-state index is 0.132. The van der Waals surface area contributed by atoms with Gasteiger partial charge in [0.05, 0.1) is 12.1 Å². The Morgan fingerprint density at radius 2 is 1.02 bits per heavy atom. The summed E-state index contributed by atoms with van der Waals surface area (Å²) < 4.78 is 0. The summed E-state index contributed by atoms with van der Waals surface area (Å²) in [5.74, 6) is -0.237. The predicted octanol–water partition coefficient (Wildman–Crippen LogP) is 4.89. The van der Waals surface area contributed by atoms with E-state index in [4.69, 9.17) is 11.5 Å². The molecule has 0 aliphatic heterocycles. The lowest BCUT2D eigenvalue weighted by atomic mass is 10.1. The van der Waals surface area contributed by atoms with Crippen LogP contribution in [0.25, 0.3) is 0 Å². The molecule has 8 nitrogen and oxygen atoms in total. The Bertz CT molecular complexity index is 983. The van der Waals surface area contributed by atoms with Crippen LogP contribution in [0.1, 0.15) is 95.1 Å². The van der Waals surface area contributed by atoms with E-state index < -0.39 is 12.1 Å². The number of nitrogens with one attached hydrogen (secondary N) is 2. The highest BCUT2D eigenvalue weighted by molar-refractivity contribution is 5.82. The Labute approximate surface area is 265 Å². The van der Waals surface area contributed by atoms with Crippen LogP contribution in [0.5, 0.6) is 0 Å². The summed E-state index contributed by atoms with van der Waals surface area (Å²) in [6, 6.07) is 18.2. The van der Waals surface area contributed by atoms with E-state index in [-0.39, 0.29) is 17.7 Å². The smallest absolute Gasteiger partial charge is 0.237 e. The second kappa shape index (κ2) is 23.2. The standard InChI is InChI=1S/C36H57N5O3/c1-2-3-4-5-6-7-8-9-16-23-34(42)41(26-17-24-39-35(43)32(37)28-30-19-12-10-13-20-30)27-18-25-40-36(44)33(38)29-31-21-14-11-15-22-31/h10-15,19-22,32-33H,2-9,16-18,23-29,37-38H2,1H3,(H,39,43)(H,40,44)/t32-,33-/m0/s1. The number of hydrogen-bond donors (Lipinski definition) is 4. The normalized spacial score (nSPS) is 12.3. The highest BCUT2D eigenvalue weighted by atomic mass is 16.2. The quantitative estimate of drug-likeness (QED) is 0.126. The van der Waals surface area contributed by atoms with Crippen molar-refractivity contribution in [2.24, 2.45) is 11.5 Å². The van der Waals surface area contributed by atoms with Gasteiger partial charge in [-0.05, 0) is 43.2 Å². The van der Waals surface area contributed by atoms with Gasteiger partial charge >= 0.3 is 0 Å². The van der Waals surface area contributed by atoms with Crippen molar-refractivity contribution in [3.63, 3.8) is 0 Å². The highest BCUT2D eigenvalue weighted by Gasteiger charge is 2.17.